The zero-order valence-electron chi connectivity index (χ0n) is 9.91. The standard InChI is InChI=1S/C12H9N3OS3/c1-7-4-19-12(13-7)15-10(16)9-6-18-11(14-9)8-2-3-17-5-8/h2-6H,1H3,(H,13,15,16). The first-order valence-corrected chi connectivity index (χ1v) is 8.14. The SMILES string of the molecule is Cc1csc(NC(=O)c2csc(-c3ccsc3)n2)n1. The number of aromatic nitrogens is 2. The lowest BCUT2D eigenvalue weighted by Gasteiger charge is -1.97. The molecule has 0 unspecified atom stereocenters. The minimum absolute atomic E-state index is 0.216. The summed E-state index contributed by atoms with van der Waals surface area (Å²) >= 11 is 4.50. The normalized spacial score (nSPS) is 10.6. The van der Waals surface area contributed by atoms with E-state index in [-0.39, 0.29) is 5.91 Å². The Morgan fingerprint density at radius 3 is 2.79 bits per heavy atom. The van der Waals surface area contributed by atoms with Gasteiger partial charge in [-0.15, -0.1) is 22.7 Å². The molecule has 0 fully saturated rings. The first-order chi connectivity index (χ1) is 9.22. The molecule has 3 heterocycles. The van der Waals surface area contributed by atoms with Crippen LogP contribution in [0, 0.1) is 6.92 Å². The molecule has 0 atom stereocenters. The smallest absolute Gasteiger partial charge is 0.276 e. The highest BCUT2D eigenvalue weighted by Crippen LogP contribution is 2.26. The van der Waals surface area contributed by atoms with Gasteiger partial charge >= 0.3 is 0 Å². The molecule has 3 aromatic rings. The van der Waals surface area contributed by atoms with Crippen molar-refractivity contribution in [1.29, 1.82) is 0 Å². The maximum atomic E-state index is 12.0. The molecule has 3 rings (SSSR count). The van der Waals surface area contributed by atoms with Crippen LogP contribution in [0.5, 0.6) is 0 Å². The van der Waals surface area contributed by atoms with E-state index in [9.17, 15) is 4.79 Å². The van der Waals surface area contributed by atoms with Crippen molar-refractivity contribution < 1.29 is 4.79 Å². The van der Waals surface area contributed by atoms with Crippen LogP contribution in [0.25, 0.3) is 10.6 Å². The predicted octanol–water partition coefficient (Wildman–Crippen LogP) is 3.89. The molecular formula is C12H9N3OS3. The van der Waals surface area contributed by atoms with Gasteiger partial charge in [0.05, 0.1) is 5.69 Å². The summed E-state index contributed by atoms with van der Waals surface area (Å²) in [7, 11) is 0. The lowest BCUT2D eigenvalue weighted by atomic mass is 10.3. The lowest BCUT2D eigenvalue weighted by Crippen LogP contribution is -2.12. The van der Waals surface area contributed by atoms with Gasteiger partial charge in [-0.05, 0) is 18.4 Å². The Morgan fingerprint density at radius 2 is 2.11 bits per heavy atom. The topological polar surface area (TPSA) is 54.9 Å². The van der Waals surface area contributed by atoms with E-state index in [0.29, 0.717) is 10.8 Å². The third kappa shape index (κ3) is 2.73. The van der Waals surface area contributed by atoms with E-state index in [2.05, 4.69) is 15.3 Å². The maximum Gasteiger partial charge on any atom is 0.276 e. The molecule has 0 aromatic carbocycles. The Hall–Kier alpha value is -1.57. The molecular weight excluding hydrogens is 298 g/mol. The molecule has 1 amide bonds. The molecule has 96 valence electrons. The molecule has 0 aliphatic heterocycles. The molecule has 0 aliphatic rings. The highest BCUT2D eigenvalue weighted by molar-refractivity contribution is 7.14. The predicted molar refractivity (Wildman–Crippen MR) is 80.2 cm³/mol. The van der Waals surface area contributed by atoms with E-state index >= 15 is 0 Å². The van der Waals surface area contributed by atoms with Crippen LogP contribution >= 0.6 is 34.0 Å². The van der Waals surface area contributed by atoms with E-state index in [1.807, 2.05) is 29.1 Å². The zero-order chi connectivity index (χ0) is 13.2. The minimum Gasteiger partial charge on any atom is -0.296 e. The second-order valence-corrected chi connectivity index (χ2v) is 6.29. The Kier molecular flexibility index (Phi) is 3.41. The fourth-order valence-electron chi connectivity index (χ4n) is 1.47. The number of thiazole rings is 2. The number of carbonyl (C=O) groups excluding carboxylic acids is 1. The number of amides is 1. The van der Waals surface area contributed by atoms with Crippen LogP contribution in [0.1, 0.15) is 16.2 Å². The number of anilines is 1. The first-order valence-electron chi connectivity index (χ1n) is 5.44. The van der Waals surface area contributed by atoms with Gasteiger partial charge in [0, 0.05) is 21.7 Å². The summed E-state index contributed by atoms with van der Waals surface area (Å²) in [6.45, 7) is 1.89. The average molecular weight is 307 g/mol. The van der Waals surface area contributed by atoms with Crippen LogP contribution in [-0.4, -0.2) is 15.9 Å². The third-order valence-electron chi connectivity index (χ3n) is 2.34. The second-order valence-electron chi connectivity index (χ2n) is 3.80. The molecule has 0 bridgehead atoms. The summed E-state index contributed by atoms with van der Waals surface area (Å²) < 4.78 is 0. The van der Waals surface area contributed by atoms with Crippen molar-refractivity contribution in [2.24, 2.45) is 0 Å². The van der Waals surface area contributed by atoms with Gasteiger partial charge in [0.15, 0.2) is 5.13 Å². The Labute approximate surface area is 121 Å². The molecule has 4 nitrogen and oxygen atoms in total. The number of nitrogens with one attached hydrogen (secondary N) is 1. The van der Waals surface area contributed by atoms with Gasteiger partial charge in [-0.3, -0.25) is 10.1 Å². The summed E-state index contributed by atoms with van der Waals surface area (Å²) in [4.78, 5) is 20.6. The number of hydrogen-bond donors (Lipinski definition) is 1. The summed E-state index contributed by atoms with van der Waals surface area (Å²) in [5, 5.41) is 11.9. The fourth-order valence-corrected chi connectivity index (χ4v) is 3.66. The van der Waals surface area contributed by atoms with Gasteiger partial charge in [0.1, 0.15) is 10.7 Å². The maximum absolute atomic E-state index is 12.0. The highest BCUT2D eigenvalue weighted by Gasteiger charge is 2.13. The zero-order valence-corrected chi connectivity index (χ0v) is 12.4. The molecule has 0 radical (unpaired) electrons. The van der Waals surface area contributed by atoms with Crippen LogP contribution in [0.3, 0.4) is 0 Å². The molecule has 0 aliphatic carbocycles. The Morgan fingerprint density at radius 1 is 1.21 bits per heavy atom. The highest BCUT2D eigenvalue weighted by atomic mass is 32.1. The number of nitrogens with zero attached hydrogens (tertiary/aromatic N) is 2. The van der Waals surface area contributed by atoms with Crippen LogP contribution in [0.2, 0.25) is 0 Å². The summed E-state index contributed by atoms with van der Waals surface area (Å²) in [5.74, 6) is -0.216. The largest absolute Gasteiger partial charge is 0.296 e. The van der Waals surface area contributed by atoms with Crippen molar-refractivity contribution >= 4 is 45.0 Å². The van der Waals surface area contributed by atoms with Gasteiger partial charge in [-0.2, -0.15) is 11.3 Å². The molecule has 7 heteroatoms. The molecule has 3 aromatic heterocycles. The summed E-state index contributed by atoms with van der Waals surface area (Å²) in [6.07, 6.45) is 0. The van der Waals surface area contributed by atoms with Crippen LogP contribution in [0.4, 0.5) is 5.13 Å². The van der Waals surface area contributed by atoms with Crippen LogP contribution < -0.4 is 5.32 Å². The number of carbonyl (C=O) groups is 1. The fraction of sp³-hybridized carbons (Fsp3) is 0.0833. The number of hydrogen-bond acceptors (Lipinski definition) is 6. The second kappa shape index (κ2) is 5.20. The van der Waals surface area contributed by atoms with Crippen LogP contribution in [0.15, 0.2) is 27.6 Å². The van der Waals surface area contributed by atoms with Gasteiger partial charge in [0.25, 0.3) is 5.91 Å². The van der Waals surface area contributed by atoms with Crippen molar-refractivity contribution in [3.63, 3.8) is 0 Å². The monoisotopic (exact) mass is 307 g/mol. The molecule has 0 spiro atoms. The molecule has 0 saturated heterocycles. The van der Waals surface area contributed by atoms with Gasteiger partial charge in [0.2, 0.25) is 0 Å². The number of aryl methyl sites for hydroxylation is 1. The third-order valence-corrected chi connectivity index (χ3v) is 4.79. The van der Waals surface area contributed by atoms with E-state index in [1.165, 1.54) is 22.7 Å². The van der Waals surface area contributed by atoms with Crippen molar-refractivity contribution in [1.82, 2.24) is 9.97 Å². The van der Waals surface area contributed by atoms with E-state index < -0.39 is 0 Å². The van der Waals surface area contributed by atoms with E-state index in [1.54, 1.807) is 16.7 Å². The summed E-state index contributed by atoms with van der Waals surface area (Å²) in [5.41, 5.74) is 2.38. The average Bonchev–Trinajstić information content (AvgIpc) is 3.08. The van der Waals surface area contributed by atoms with Gasteiger partial charge < -0.3 is 0 Å². The first kappa shape index (κ1) is 12.5. The van der Waals surface area contributed by atoms with Gasteiger partial charge in [-0.1, -0.05) is 0 Å². The van der Waals surface area contributed by atoms with Crippen LogP contribution in [-0.2, 0) is 0 Å². The van der Waals surface area contributed by atoms with Crippen molar-refractivity contribution in [2.75, 3.05) is 5.32 Å². The lowest BCUT2D eigenvalue weighted by molar-refractivity contribution is 0.102. The number of thiophene rings is 1. The Bertz CT molecular complexity index is 699. The molecule has 1 N–H and O–H groups in total. The summed E-state index contributed by atoms with van der Waals surface area (Å²) in [6, 6.07) is 2.00. The van der Waals surface area contributed by atoms with E-state index in [4.69, 9.17) is 0 Å². The van der Waals surface area contributed by atoms with Gasteiger partial charge in [-0.25, -0.2) is 9.97 Å². The van der Waals surface area contributed by atoms with Crippen molar-refractivity contribution in [3.05, 3.63) is 39.0 Å². The quantitative estimate of drug-likeness (QED) is 0.798. The van der Waals surface area contributed by atoms with Crippen molar-refractivity contribution in [2.45, 2.75) is 6.92 Å². The minimum atomic E-state index is -0.216. The van der Waals surface area contributed by atoms with Crippen molar-refractivity contribution in [3.8, 4) is 10.6 Å². The molecule has 0 saturated carbocycles. The Balaban J connectivity index is 1.77. The molecule has 19 heavy (non-hydrogen) atoms. The number of rotatable bonds is 3. The van der Waals surface area contributed by atoms with E-state index in [0.717, 1.165) is 16.3 Å².